The first kappa shape index (κ1) is 18.4. The van der Waals surface area contributed by atoms with Gasteiger partial charge in [-0.2, -0.15) is 0 Å². The highest BCUT2D eigenvalue weighted by Crippen LogP contribution is 2.37. The van der Waals surface area contributed by atoms with E-state index in [4.69, 9.17) is 5.73 Å². The van der Waals surface area contributed by atoms with Gasteiger partial charge in [-0.1, -0.05) is 12.1 Å². The van der Waals surface area contributed by atoms with Crippen LogP contribution < -0.4 is 16.6 Å². The summed E-state index contributed by atoms with van der Waals surface area (Å²) in [5.41, 5.74) is 7.38. The van der Waals surface area contributed by atoms with E-state index in [0.717, 1.165) is 36.1 Å². The Hall–Kier alpha value is -3.00. The SMILES string of the molecule is NC(=O)c1c(NC(=O)CCc2nc3ccccc3c(=O)[nH]2)sc2c1CCCC2. The van der Waals surface area contributed by atoms with Crippen molar-refractivity contribution in [1.82, 2.24) is 9.97 Å². The topological polar surface area (TPSA) is 118 Å². The minimum Gasteiger partial charge on any atom is -0.365 e. The van der Waals surface area contributed by atoms with E-state index < -0.39 is 5.91 Å². The van der Waals surface area contributed by atoms with Gasteiger partial charge in [0.2, 0.25) is 5.91 Å². The number of benzene rings is 1. The van der Waals surface area contributed by atoms with Crippen LogP contribution in [0, 0.1) is 0 Å². The number of thiophene rings is 1. The zero-order chi connectivity index (χ0) is 19.7. The largest absolute Gasteiger partial charge is 0.365 e. The first-order valence-corrected chi connectivity index (χ1v) is 10.1. The lowest BCUT2D eigenvalue weighted by Crippen LogP contribution is -2.19. The van der Waals surface area contributed by atoms with Gasteiger partial charge in [0.15, 0.2) is 0 Å². The molecule has 0 saturated carbocycles. The highest BCUT2D eigenvalue weighted by Gasteiger charge is 2.24. The predicted molar refractivity (Wildman–Crippen MR) is 109 cm³/mol. The number of carbonyl (C=O) groups excluding carboxylic acids is 2. The maximum absolute atomic E-state index is 12.4. The molecule has 0 aliphatic heterocycles. The number of nitrogens with zero attached hydrogens (tertiary/aromatic N) is 1. The molecule has 2 amide bonds. The van der Waals surface area contributed by atoms with E-state index in [1.54, 1.807) is 18.2 Å². The molecule has 8 heteroatoms. The van der Waals surface area contributed by atoms with Gasteiger partial charge >= 0.3 is 0 Å². The number of aromatic amines is 1. The number of carbonyl (C=O) groups is 2. The van der Waals surface area contributed by atoms with Gasteiger partial charge in [0, 0.05) is 17.7 Å². The molecule has 0 saturated heterocycles. The summed E-state index contributed by atoms with van der Waals surface area (Å²) in [5, 5.41) is 3.88. The van der Waals surface area contributed by atoms with Crippen LogP contribution in [0.15, 0.2) is 29.1 Å². The summed E-state index contributed by atoms with van der Waals surface area (Å²) >= 11 is 1.44. The normalized spacial score (nSPS) is 13.3. The Morgan fingerprint density at radius 2 is 2.00 bits per heavy atom. The number of hydrogen-bond donors (Lipinski definition) is 3. The van der Waals surface area contributed by atoms with Crippen LogP contribution in [0.3, 0.4) is 0 Å². The summed E-state index contributed by atoms with van der Waals surface area (Å²) in [6, 6.07) is 7.07. The molecular weight excluding hydrogens is 376 g/mol. The second kappa shape index (κ2) is 7.55. The number of nitrogens with two attached hydrogens (primary N) is 1. The summed E-state index contributed by atoms with van der Waals surface area (Å²) in [6.45, 7) is 0. The Kier molecular flexibility index (Phi) is 4.95. The van der Waals surface area contributed by atoms with Crippen molar-refractivity contribution in [2.24, 2.45) is 5.73 Å². The number of aromatic nitrogens is 2. The summed E-state index contributed by atoms with van der Waals surface area (Å²) in [7, 11) is 0. The number of amides is 2. The molecule has 0 fully saturated rings. The molecule has 0 unspecified atom stereocenters. The minimum absolute atomic E-state index is 0.141. The first-order valence-electron chi connectivity index (χ1n) is 9.25. The van der Waals surface area contributed by atoms with Crippen molar-refractivity contribution in [2.75, 3.05) is 5.32 Å². The van der Waals surface area contributed by atoms with E-state index in [1.807, 2.05) is 6.07 Å². The smallest absolute Gasteiger partial charge is 0.258 e. The van der Waals surface area contributed by atoms with E-state index in [2.05, 4.69) is 15.3 Å². The Bertz CT molecular complexity index is 1130. The fraction of sp³-hybridized carbons (Fsp3) is 0.300. The number of para-hydroxylation sites is 1. The van der Waals surface area contributed by atoms with Crippen LogP contribution in [-0.4, -0.2) is 21.8 Å². The van der Waals surface area contributed by atoms with Crippen molar-refractivity contribution >= 4 is 39.1 Å². The van der Waals surface area contributed by atoms with Gasteiger partial charge in [-0.05, 0) is 43.4 Å². The maximum Gasteiger partial charge on any atom is 0.258 e. The molecule has 28 heavy (non-hydrogen) atoms. The molecule has 0 radical (unpaired) electrons. The average molecular weight is 396 g/mol. The quantitative estimate of drug-likeness (QED) is 0.614. The van der Waals surface area contributed by atoms with Crippen LogP contribution >= 0.6 is 11.3 Å². The van der Waals surface area contributed by atoms with E-state index in [0.29, 0.717) is 33.7 Å². The third-order valence-electron chi connectivity index (χ3n) is 4.92. The first-order chi connectivity index (χ1) is 13.5. The lowest BCUT2D eigenvalue weighted by Gasteiger charge is -2.11. The Labute approximate surface area is 165 Å². The Morgan fingerprint density at radius 3 is 2.82 bits per heavy atom. The number of nitrogens with one attached hydrogen (secondary N) is 2. The van der Waals surface area contributed by atoms with Crippen molar-refractivity contribution in [3.63, 3.8) is 0 Å². The summed E-state index contributed by atoms with van der Waals surface area (Å²) < 4.78 is 0. The summed E-state index contributed by atoms with van der Waals surface area (Å²) in [5.74, 6) is -0.286. The predicted octanol–water partition coefficient (Wildman–Crippen LogP) is 2.53. The fourth-order valence-corrected chi connectivity index (χ4v) is 4.90. The number of rotatable bonds is 5. The molecule has 0 atom stereocenters. The van der Waals surface area contributed by atoms with Gasteiger partial charge in [-0.15, -0.1) is 11.3 Å². The second-order valence-corrected chi connectivity index (χ2v) is 7.96. The van der Waals surface area contributed by atoms with Crippen molar-refractivity contribution in [3.05, 3.63) is 56.4 Å². The molecule has 7 nitrogen and oxygen atoms in total. The number of aryl methyl sites for hydroxylation is 2. The molecule has 1 aromatic carbocycles. The van der Waals surface area contributed by atoms with Crippen LogP contribution in [0.1, 0.15) is 45.9 Å². The van der Waals surface area contributed by atoms with Crippen molar-refractivity contribution in [1.29, 1.82) is 0 Å². The standard InChI is InChI=1S/C20H20N4O3S/c21-18(26)17-12-6-2-4-8-14(12)28-20(17)24-16(25)10-9-15-22-13-7-3-1-5-11(13)19(27)23-15/h1,3,5,7H,2,4,6,8-10H2,(H2,21,26)(H,24,25)(H,22,23,27). The molecule has 144 valence electrons. The van der Waals surface area contributed by atoms with E-state index in [1.165, 1.54) is 11.3 Å². The third-order valence-corrected chi connectivity index (χ3v) is 6.13. The maximum atomic E-state index is 12.4. The number of primary amides is 1. The van der Waals surface area contributed by atoms with Gasteiger partial charge in [-0.3, -0.25) is 14.4 Å². The molecular formula is C20H20N4O3S. The van der Waals surface area contributed by atoms with Gasteiger partial charge in [-0.25, -0.2) is 4.98 Å². The zero-order valence-corrected chi connectivity index (χ0v) is 16.0. The molecule has 0 spiro atoms. The van der Waals surface area contributed by atoms with Crippen LogP contribution in [0.2, 0.25) is 0 Å². The van der Waals surface area contributed by atoms with Crippen LogP contribution in [0.25, 0.3) is 10.9 Å². The minimum atomic E-state index is -0.504. The fourth-order valence-electron chi connectivity index (χ4n) is 3.59. The average Bonchev–Trinajstić information content (AvgIpc) is 3.04. The van der Waals surface area contributed by atoms with Gasteiger partial charge < -0.3 is 16.0 Å². The summed E-state index contributed by atoms with van der Waals surface area (Å²) in [4.78, 5) is 44.7. The van der Waals surface area contributed by atoms with Crippen molar-refractivity contribution in [3.8, 4) is 0 Å². The van der Waals surface area contributed by atoms with Gasteiger partial charge in [0.25, 0.3) is 11.5 Å². The molecule has 2 aromatic heterocycles. The third kappa shape index (κ3) is 3.55. The van der Waals surface area contributed by atoms with Crippen LogP contribution in [-0.2, 0) is 24.1 Å². The number of H-pyrrole nitrogens is 1. The molecule has 1 aliphatic rings. The van der Waals surface area contributed by atoms with Crippen molar-refractivity contribution in [2.45, 2.75) is 38.5 Å². The van der Waals surface area contributed by atoms with Gasteiger partial charge in [0.1, 0.15) is 10.8 Å². The Morgan fingerprint density at radius 1 is 1.21 bits per heavy atom. The van der Waals surface area contributed by atoms with E-state index in [-0.39, 0.29) is 17.9 Å². The monoisotopic (exact) mass is 396 g/mol. The molecule has 3 aromatic rings. The molecule has 4 N–H and O–H groups in total. The number of fused-ring (bicyclic) bond motifs is 2. The van der Waals surface area contributed by atoms with E-state index >= 15 is 0 Å². The number of hydrogen-bond acceptors (Lipinski definition) is 5. The highest BCUT2D eigenvalue weighted by molar-refractivity contribution is 7.17. The van der Waals surface area contributed by atoms with Crippen LogP contribution in [0.5, 0.6) is 0 Å². The Balaban J connectivity index is 1.49. The van der Waals surface area contributed by atoms with Gasteiger partial charge in [0.05, 0.1) is 16.5 Å². The van der Waals surface area contributed by atoms with Crippen LogP contribution in [0.4, 0.5) is 5.00 Å². The molecule has 2 heterocycles. The van der Waals surface area contributed by atoms with E-state index in [9.17, 15) is 14.4 Å². The molecule has 4 rings (SSSR count). The zero-order valence-electron chi connectivity index (χ0n) is 15.2. The number of anilines is 1. The molecule has 0 bridgehead atoms. The highest BCUT2D eigenvalue weighted by atomic mass is 32.1. The lowest BCUT2D eigenvalue weighted by molar-refractivity contribution is -0.116. The second-order valence-electron chi connectivity index (χ2n) is 6.86. The molecule has 1 aliphatic carbocycles. The lowest BCUT2D eigenvalue weighted by atomic mass is 9.95. The van der Waals surface area contributed by atoms with Crippen molar-refractivity contribution < 1.29 is 9.59 Å². The summed E-state index contributed by atoms with van der Waals surface area (Å²) in [6.07, 6.45) is 4.28.